The molecule has 0 heterocycles. The van der Waals surface area contributed by atoms with Gasteiger partial charge in [0.15, 0.2) is 17.3 Å². The van der Waals surface area contributed by atoms with Crippen molar-refractivity contribution in [3.63, 3.8) is 0 Å². The summed E-state index contributed by atoms with van der Waals surface area (Å²) in [5.74, 6) is 1.81. The molecular weight excluding hydrogens is 303 g/mol. The number of allylic oxidation sites excluding steroid dienone is 4. The average Bonchev–Trinajstić information content (AvgIpc) is 3.04. The molecule has 1 fully saturated rings. The number of ether oxygens (including phenoxy) is 1. The van der Waals surface area contributed by atoms with Crippen molar-refractivity contribution in [3.05, 3.63) is 53.4 Å². The zero-order chi connectivity index (χ0) is 17.1. The van der Waals surface area contributed by atoms with E-state index in [2.05, 4.69) is 13.0 Å². The highest BCUT2D eigenvalue weighted by atomic mass is 19.1. The van der Waals surface area contributed by atoms with Crippen molar-refractivity contribution >= 4 is 5.78 Å². The number of rotatable bonds is 5. The van der Waals surface area contributed by atoms with E-state index in [1.54, 1.807) is 18.2 Å². The van der Waals surface area contributed by atoms with E-state index in [0.717, 1.165) is 12.0 Å². The second kappa shape index (κ2) is 7.33. The second-order valence-electron chi connectivity index (χ2n) is 7.11. The molecule has 2 aliphatic carbocycles. The van der Waals surface area contributed by atoms with E-state index < -0.39 is 0 Å². The average molecular weight is 328 g/mol. The summed E-state index contributed by atoms with van der Waals surface area (Å²) in [6.07, 6.45) is 11.0. The largest absolute Gasteiger partial charge is 0.494 e. The minimum Gasteiger partial charge on any atom is -0.494 e. The monoisotopic (exact) mass is 328 g/mol. The van der Waals surface area contributed by atoms with Gasteiger partial charge in [-0.25, -0.2) is 4.39 Å². The van der Waals surface area contributed by atoms with Crippen LogP contribution in [0, 0.1) is 17.7 Å². The van der Waals surface area contributed by atoms with Gasteiger partial charge in [-0.2, -0.15) is 0 Å². The normalized spacial score (nSPS) is 24.8. The molecule has 0 saturated heterocycles. The van der Waals surface area contributed by atoms with Crippen molar-refractivity contribution in [3.8, 4) is 5.75 Å². The van der Waals surface area contributed by atoms with E-state index in [1.807, 2.05) is 12.1 Å². The standard InChI is InChI=1S/C21H25FO2/c1-14(17-7-10-21(24-2)20(22)13-17)11-15-3-4-18(12-15)16-5-8-19(23)9-6-16/h5-8,10,13-15,18H,3-4,9,11-12H2,1-2H3/t14-,15?,18-/m0/s1. The van der Waals surface area contributed by atoms with Crippen molar-refractivity contribution in [2.45, 2.75) is 44.9 Å². The molecule has 128 valence electrons. The summed E-state index contributed by atoms with van der Waals surface area (Å²) in [4.78, 5) is 11.3. The topological polar surface area (TPSA) is 26.3 Å². The maximum Gasteiger partial charge on any atom is 0.165 e. The Balaban J connectivity index is 1.58. The highest BCUT2D eigenvalue weighted by Crippen LogP contribution is 2.41. The predicted molar refractivity (Wildman–Crippen MR) is 93.7 cm³/mol. The van der Waals surface area contributed by atoms with E-state index in [0.29, 0.717) is 29.9 Å². The number of benzene rings is 1. The van der Waals surface area contributed by atoms with Crippen LogP contribution in [0.3, 0.4) is 0 Å². The summed E-state index contributed by atoms with van der Waals surface area (Å²) in [5, 5.41) is 0. The molecule has 1 aromatic carbocycles. The molecule has 0 amide bonds. The molecule has 0 spiro atoms. The van der Waals surface area contributed by atoms with Gasteiger partial charge in [0, 0.05) is 6.42 Å². The molecule has 3 rings (SSSR count). The summed E-state index contributed by atoms with van der Waals surface area (Å²) in [5.41, 5.74) is 2.37. The Labute approximate surface area is 143 Å². The highest BCUT2D eigenvalue weighted by Gasteiger charge is 2.28. The Bertz CT molecular complexity index is 674. The molecule has 0 aliphatic heterocycles. The van der Waals surface area contributed by atoms with Gasteiger partial charge in [0.25, 0.3) is 0 Å². The van der Waals surface area contributed by atoms with Gasteiger partial charge in [-0.1, -0.05) is 25.1 Å². The Morgan fingerprint density at radius 2 is 2.12 bits per heavy atom. The Morgan fingerprint density at radius 1 is 1.29 bits per heavy atom. The number of carbonyl (C=O) groups is 1. The van der Waals surface area contributed by atoms with Gasteiger partial charge in [-0.15, -0.1) is 0 Å². The highest BCUT2D eigenvalue weighted by molar-refractivity contribution is 5.92. The van der Waals surface area contributed by atoms with Crippen molar-refractivity contribution in [2.24, 2.45) is 11.8 Å². The summed E-state index contributed by atoms with van der Waals surface area (Å²) in [6, 6.07) is 5.29. The van der Waals surface area contributed by atoms with Crippen molar-refractivity contribution in [1.82, 2.24) is 0 Å². The van der Waals surface area contributed by atoms with Crippen LogP contribution in [0.1, 0.15) is 50.5 Å². The van der Waals surface area contributed by atoms with Crippen LogP contribution >= 0.6 is 0 Å². The third-order valence-corrected chi connectivity index (χ3v) is 5.45. The van der Waals surface area contributed by atoms with Crippen LogP contribution in [0.25, 0.3) is 0 Å². The molecule has 1 aromatic rings. The lowest BCUT2D eigenvalue weighted by atomic mass is 9.87. The number of halogens is 1. The summed E-state index contributed by atoms with van der Waals surface area (Å²) < 4.78 is 18.9. The predicted octanol–water partition coefficient (Wildman–Crippen LogP) is 5.20. The van der Waals surface area contributed by atoms with E-state index in [9.17, 15) is 9.18 Å². The number of methoxy groups -OCH3 is 1. The lowest BCUT2D eigenvalue weighted by Gasteiger charge is -2.19. The molecule has 3 heteroatoms. The van der Waals surface area contributed by atoms with Crippen molar-refractivity contribution in [1.29, 1.82) is 0 Å². The Kier molecular flexibility index (Phi) is 5.17. The zero-order valence-electron chi connectivity index (χ0n) is 14.4. The van der Waals surface area contributed by atoms with Crippen LogP contribution in [-0.4, -0.2) is 12.9 Å². The van der Waals surface area contributed by atoms with E-state index in [4.69, 9.17) is 4.74 Å². The molecule has 24 heavy (non-hydrogen) atoms. The molecule has 2 nitrogen and oxygen atoms in total. The van der Waals surface area contributed by atoms with E-state index >= 15 is 0 Å². The first-order valence-electron chi connectivity index (χ1n) is 8.81. The van der Waals surface area contributed by atoms with Crippen molar-refractivity contribution in [2.75, 3.05) is 7.11 Å². The minimum atomic E-state index is -0.284. The van der Waals surface area contributed by atoms with Crippen LogP contribution in [-0.2, 0) is 4.79 Å². The van der Waals surface area contributed by atoms with Gasteiger partial charge in [-0.05, 0) is 72.8 Å². The summed E-state index contributed by atoms with van der Waals surface area (Å²) in [7, 11) is 1.49. The molecular formula is C21H25FO2. The second-order valence-corrected chi connectivity index (χ2v) is 7.11. The third-order valence-electron chi connectivity index (χ3n) is 5.45. The maximum atomic E-state index is 13.9. The van der Waals surface area contributed by atoms with Gasteiger partial charge in [0.1, 0.15) is 0 Å². The molecule has 0 bridgehead atoms. The van der Waals surface area contributed by atoms with Crippen LogP contribution in [0.5, 0.6) is 5.75 Å². The van der Waals surface area contributed by atoms with Gasteiger partial charge < -0.3 is 4.74 Å². The first-order chi connectivity index (χ1) is 11.6. The molecule has 1 unspecified atom stereocenters. The number of hydrogen-bond acceptors (Lipinski definition) is 2. The first-order valence-corrected chi connectivity index (χ1v) is 8.81. The molecule has 1 saturated carbocycles. The van der Waals surface area contributed by atoms with Crippen LogP contribution in [0.4, 0.5) is 4.39 Å². The molecule has 0 N–H and O–H groups in total. The van der Waals surface area contributed by atoms with Crippen molar-refractivity contribution < 1.29 is 13.9 Å². The number of ketones is 1. The number of carbonyl (C=O) groups excluding carboxylic acids is 1. The van der Waals surface area contributed by atoms with Gasteiger partial charge in [-0.3, -0.25) is 4.79 Å². The Morgan fingerprint density at radius 3 is 2.79 bits per heavy atom. The molecule has 3 atom stereocenters. The first kappa shape index (κ1) is 16.9. The number of hydrogen-bond donors (Lipinski definition) is 0. The molecule has 0 aromatic heterocycles. The quantitative estimate of drug-likeness (QED) is 0.742. The maximum absolute atomic E-state index is 13.9. The van der Waals surface area contributed by atoms with E-state index in [-0.39, 0.29) is 11.6 Å². The zero-order valence-corrected chi connectivity index (χ0v) is 14.4. The fourth-order valence-electron chi connectivity index (χ4n) is 4.06. The lowest BCUT2D eigenvalue weighted by molar-refractivity contribution is -0.113. The molecule has 2 aliphatic rings. The van der Waals surface area contributed by atoms with Crippen LogP contribution < -0.4 is 4.74 Å². The molecule has 0 radical (unpaired) electrons. The van der Waals surface area contributed by atoms with Crippen LogP contribution in [0.15, 0.2) is 42.0 Å². The van der Waals surface area contributed by atoms with Crippen LogP contribution in [0.2, 0.25) is 0 Å². The lowest BCUT2D eigenvalue weighted by Crippen LogP contribution is -2.06. The minimum absolute atomic E-state index is 0.198. The SMILES string of the molecule is COc1ccc([C@@H](C)CC2CC[C@H](C3=CCC(=O)C=C3)C2)cc1F. The van der Waals surface area contributed by atoms with Gasteiger partial charge in [0.2, 0.25) is 0 Å². The fourth-order valence-corrected chi connectivity index (χ4v) is 4.06. The third kappa shape index (κ3) is 3.77. The Hall–Kier alpha value is -1.90. The van der Waals surface area contributed by atoms with Gasteiger partial charge >= 0.3 is 0 Å². The smallest absolute Gasteiger partial charge is 0.165 e. The fraction of sp³-hybridized carbons (Fsp3) is 0.476. The van der Waals surface area contributed by atoms with E-state index in [1.165, 1.54) is 31.9 Å². The van der Waals surface area contributed by atoms with Gasteiger partial charge in [0.05, 0.1) is 7.11 Å². The summed E-state index contributed by atoms with van der Waals surface area (Å²) >= 11 is 0. The summed E-state index contributed by atoms with van der Waals surface area (Å²) in [6.45, 7) is 2.17.